The molecule has 2 aliphatic heterocycles. The van der Waals surface area contributed by atoms with Gasteiger partial charge in [-0.2, -0.15) is 5.26 Å². The van der Waals surface area contributed by atoms with Crippen molar-refractivity contribution in [3.8, 4) is 11.9 Å². The van der Waals surface area contributed by atoms with Crippen molar-refractivity contribution >= 4 is 22.5 Å². The molecule has 3 aliphatic rings. The summed E-state index contributed by atoms with van der Waals surface area (Å²) in [7, 11) is 0. The van der Waals surface area contributed by atoms with Crippen LogP contribution in [-0.2, 0) is 24.4 Å². The molecule has 2 aromatic carbocycles. The molecule has 0 unspecified atom stereocenters. The van der Waals surface area contributed by atoms with E-state index in [9.17, 15) is 9.18 Å². The first-order valence-electron chi connectivity index (χ1n) is 15.0. The molecule has 4 aromatic rings. The van der Waals surface area contributed by atoms with E-state index in [4.69, 9.17) is 30.4 Å². The van der Waals surface area contributed by atoms with Gasteiger partial charge in [-0.25, -0.2) is 14.4 Å². The number of halogens is 1. The van der Waals surface area contributed by atoms with Crippen molar-refractivity contribution in [3.63, 3.8) is 0 Å². The lowest BCUT2D eigenvalue weighted by atomic mass is 9.69. The third-order valence-corrected chi connectivity index (χ3v) is 9.09. The fraction of sp³-hybridized carbons (Fsp3) is 0.353. The third-order valence-electron chi connectivity index (χ3n) is 9.09. The minimum Gasteiger partial charge on any atom is -0.473 e. The molecule has 10 heteroatoms. The van der Waals surface area contributed by atoms with Crippen LogP contribution in [-0.4, -0.2) is 51.1 Å². The summed E-state index contributed by atoms with van der Waals surface area (Å²) in [5, 5.41) is 8.95. The van der Waals surface area contributed by atoms with Gasteiger partial charge in [-0.1, -0.05) is 18.2 Å². The topological polar surface area (TPSA) is 119 Å². The number of hydrogen-bond acceptors (Lipinski definition) is 7. The summed E-state index contributed by atoms with van der Waals surface area (Å²) in [6, 6.07) is 17.4. The maximum absolute atomic E-state index is 14.3. The van der Waals surface area contributed by atoms with Crippen LogP contribution >= 0.6 is 0 Å². The predicted molar refractivity (Wildman–Crippen MR) is 162 cm³/mol. The van der Waals surface area contributed by atoms with Gasteiger partial charge in [0, 0.05) is 36.9 Å². The van der Waals surface area contributed by atoms with E-state index in [0.717, 1.165) is 81.0 Å². The van der Waals surface area contributed by atoms with Gasteiger partial charge in [0.25, 0.3) is 0 Å². The number of hydrogen-bond donors (Lipinski definition) is 1. The van der Waals surface area contributed by atoms with Crippen molar-refractivity contribution in [1.29, 1.82) is 5.26 Å². The molecule has 2 N–H and O–H groups in total. The minimum atomic E-state index is -0.461. The molecule has 1 aliphatic carbocycles. The van der Waals surface area contributed by atoms with Gasteiger partial charge in [-0.05, 0) is 73.1 Å². The van der Waals surface area contributed by atoms with Gasteiger partial charge in [0.05, 0.1) is 47.6 Å². The van der Waals surface area contributed by atoms with Crippen LogP contribution in [0.2, 0.25) is 0 Å². The summed E-state index contributed by atoms with van der Waals surface area (Å²) in [5.74, 6) is 0.529. The van der Waals surface area contributed by atoms with Crippen LogP contribution in [0.15, 0.2) is 60.7 Å². The Kier molecular flexibility index (Phi) is 7.36. The number of rotatable bonds is 9. The van der Waals surface area contributed by atoms with Gasteiger partial charge >= 0.3 is 0 Å². The fourth-order valence-electron chi connectivity index (χ4n) is 6.52. The smallest absolute Gasteiger partial charge is 0.248 e. The lowest BCUT2D eigenvalue weighted by molar-refractivity contribution is -0.0600. The second-order valence-corrected chi connectivity index (χ2v) is 12.1. The zero-order valence-corrected chi connectivity index (χ0v) is 24.3. The van der Waals surface area contributed by atoms with Crippen LogP contribution in [0.25, 0.3) is 16.6 Å². The molecule has 4 heterocycles. The number of nitriles is 1. The van der Waals surface area contributed by atoms with E-state index < -0.39 is 11.7 Å². The molecule has 2 aromatic heterocycles. The number of primary amides is 1. The van der Waals surface area contributed by atoms with E-state index in [-0.39, 0.29) is 23.7 Å². The zero-order chi connectivity index (χ0) is 30.3. The van der Waals surface area contributed by atoms with E-state index >= 15 is 0 Å². The largest absolute Gasteiger partial charge is 0.473 e. The van der Waals surface area contributed by atoms with Gasteiger partial charge < -0.3 is 19.8 Å². The molecule has 9 nitrogen and oxygen atoms in total. The Bertz CT molecular complexity index is 1820. The van der Waals surface area contributed by atoms with Crippen LogP contribution in [0.4, 0.5) is 4.39 Å². The van der Waals surface area contributed by atoms with Crippen LogP contribution in [0.5, 0.6) is 5.88 Å². The summed E-state index contributed by atoms with van der Waals surface area (Å²) < 4.78 is 28.0. The first-order valence-corrected chi connectivity index (χ1v) is 15.0. The third kappa shape index (κ3) is 5.56. The quantitative estimate of drug-likeness (QED) is 0.291. The second kappa shape index (κ2) is 11.5. The first-order chi connectivity index (χ1) is 21.4. The van der Waals surface area contributed by atoms with Crippen molar-refractivity contribution in [2.45, 2.75) is 51.5 Å². The number of amides is 1. The number of imidazole rings is 1. The number of fused-ring (bicyclic) bond motifs is 1. The number of ether oxygens (including phenoxy) is 2. The summed E-state index contributed by atoms with van der Waals surface area (Å²) in [6.07, 6.45) is 6.49. The van der Waals surface area contributed by atoms with Crippen molar-refractivity contribution in [2.75, 3.05) is 19.7 Å². The lowest BCUT2D eigenvalue weighted by Gasteiger charge is -2.51. The molecule has 1 atom stereocenters. The van der Waals surface area contributed by atoms with Crippen molar-refractivity contribution in [3.05, 3.63) is 94.7 Å². The molecular weight excluding hydrogens is 559 g/mol. The Morgan fingerprint density at radius 2 is 2.05 bits per heavy atom. The fourth-order valence-corrected chi connectivity index (χ4v) is 6.52. The molecular formula is C34H33FN6O3. The molecule has 1 spiro atoms. The highest BCUT2D eigenvalue weighted by atomic mass is 19.1. The van der Waals surface area contributed by atoms with E-state index in [0.29, 0.717) is 17.0 Å². The van der Waals surface area contributed by atoms with Gasteiger partial charge in [0.15, 0.2) is 0 Å². The highest BCUT2D eigenvalue weighted by molar-refractivity contribution is 5.96. The molecule has 2 fully saturated rings. The molecule has 224 valence electrons. The number of aromatic nitrogens is 3. The van der Waals surface area contributed by atoms with Crippen molar-refractivity contribution < 1.29 is 18.7 Å². The number of nitrogens with zero attached hydrogens (tertiary/aromatic N) is 5. The normalized spacial score (nSPS) is 19.2. The highest BCUT2D eigenvalue weighted by Crippen LogP contribution is 2.45. The van der Waals surface area contributed by atoms with Crippen molar-refractivity contribution in [1.82, 2.24) is 19.4 Å². The Morgan fingerprint density at radius 3 is 2.75 bits per heavy atom. The van der Waals surface area contributed by atoms with E-state index in [2.05, 4.69) is 15.5 Å². The highest BCUT2D eigenvalue weighted by Gasteiger charge is 2.43. The molecule has 7 rings (SSSR count). The van der Waals surface area contributed by atoms with Crippen molar-refractivity contribution in [2.24, 2.45) is 11.1 Å². The molecule has 0 saturated carbocycles. The van der Waals surface area contributed by atoms with Gasteiger partial charge in [0.1, 0.15) is 18.2 Å². The summed E-state index contributed by atoms with van der Waals surface area (Å²) >= 11 is 0. The molecule has 2 saturated heterocycles. The van der Waals surface area contributed by atoms with Crippen LogP contribution in [0, 0.1) is 22.6 Å². The number of carbonyl (C=O) groups is 1. The standard InChI is InChI=1S/C34H33FN6O3/c35-27-14-22(16-36)4-5-25(27)19-44-32-3-1-2-28(39-32)23-8-11-34(12-9-23)20-40(21-34)18-31-38-29-7-6-24(33(37)42)15-30(29)41(31)17-26-10-13-43-26/h1-8,14-15,26H,9-13,17-21H2,(H2,37,42)/t26-/m0/s1. The molecule has 0 radical (unpaired) electrons. The van der Waals surface area contributed by atoms with Crippen LogP contribution < -0.4 is 10.5 Å². The lowest BCUT2D eigenvalue weighted by Crippen LogP contribution is -2.56. The maximum atomic E-state index is 14.3. The Labute approximate surface area is 254 Å². The maximum Gasteiger partial charge on any atom is 0.248 e. The Morgan fingerprint density at radius 1 is 1.18 bits per heavy atom. The number of nitrogens with two attached hydrogens (primary N) is 1. The van der Waals surface area contributed by atoms with Crippen LogP contribution in [0.1, 0.15) is 58.7 Å². The predicted octanol–water partition coefficient (Wildman–Crippen LogP) is 4.98. The number of benzene rings is 2. The monoisotopic (exact) mass is 592 g/mol. The summed E-state index contributed by atoms with van der Waals surface area (Å²) in [5.41, 5.74) is 10.8. The summed E-state index contributed by atoms with van der Waals surface area (Å²) in [4.78, 5) is 23.9. The second-order valence-electron chi connectivity index (χ2n) is 12.1. The minimum absolute atomic E-state index is 0.0414. The average molecular weight is 593 g/mol. The average Bonchev–Trinajstić information content (AvgIpc) is 3.33. The van der Waals surface area contributed by atoms with E-state index in [1.165, 1.54) is 11.6 Å². The SMILES string of the molecule is N#Cc1ccc(COc2cccc(C3=CCC4(CC3)CN(Cc3nc5ccc(C(N)=O)cc5n3C[C@@H]3CCO3)C4)n2)c(F)c1. The summed E-state index contributed by atoms with van der Waals surface area (Å²) in [6.45, 7) is 4.29. The number of likely N-dealkylation sites (tertiary alicyclic amines) is 1. The van der Waals surface area contributed by atoms with E-state index in [1.807, 2.05) is 30.3 Å². The number of carbonyl (C=O) groups excluding carboxylic acids is 1. The Hall–Kier alpha value is -4.59. The number of pyridine rings is 1. The molecule has 44 heavy (non-hydrogen) atoms. The van der Waals surface area contributed by atoms with Gasteiger partial charge in [-0.15, -0.1) is 0 Å². The Balaban J connectivity index is 0.990. The number of allylic oxidation sites excluding steroid dienone is 2. The molecule has 0 bridgehead atoms. The van der Waals surface area contributed by atoms with Crippen LogP contribution in [0.3, 0.4) is 0 Å². The van der Waals surface area contributed by atoms with Gasteiger partial charge in [0.2, 0.25) is 11.8 Å². The zero-order valence-electron chi connectivity index (χ0n) is 24.3. The first kappa shape index (κ1) is 28.2. The van der Waals surface area contributed by atoms with Gasteiger partial charge in [-0.3, -0.25) is 9.69 Å². The molecule has 1 amide bonds. The van der Waals surface area contributed by atoms with E-state index in [1.54, 1.807) is 24.3 Å².